The molecule has 0 aromatic carbocycles. The zero-order chi connectivity index (χ0) is 10.9. The van der Waals surface area contributed by atoms with E-state index in [9.17, 15) is 8.42 Å². The van der Waals surface area contributed by atoms with Crippen LogP contribution in [0.4, 0.5) is 0 Å². The van der Waals surface area contributed by atoms with Gasteiger partial charge in [0.2, 0.25) is 10.0 Å². The van der Waals surface area contributed by atoms with E-state index < -0.39 is 10.0 Å². The Bertz CT molecular complexity index is 315. The van der Waals surface area contributed by atoms with Gasteiger partial charge in [0.1, 0.15) is 0 Å². The SMILES string of the molecule is CC1CNCCC1N1CCCCS1(=O)=O. The van der Waals surface area contributed by atoms with Gasteiger partial charge in [0, 0.05) is 12.6 Å². The molecule has 2 aliphatic rings. The lowest BCUT2D eigenvalue weighted by molar-refractivity contribution is 0.194. The number of sulfonamides is 1. The maximum Gasteiger partial charge on any atom is 0.214 e. The molecule has 4 nitrogen and oxygen atoms in total. The van der Waals surface area contributed by atoms with E-state index in [0.29, 0.717) is 11.7 Å². The van der Waals surface area contributed by atoms with Crippen molar-refractivity contribution >= 4 is 10.0 Å². The van der Waals surface area contributed by atoms with Gasteiger partial charge < -0.3 is 5.32 Å². The molecule has 2 rings (SSSR count). The molecule has 5 heteroatoms. The molecule has 0 saturated carbocycles. The van der Waals surface area contributed by atoms with E-state index in [0.717, 1.165) is 38.9 Å². The number of nitrogens with zero attached hydrogens (tertiary/aromatic N) is 1. The molecule has 2 aliphatic heterocycles. The highest BCUT2D eigenvalue weighted by atomic mass is 32.2. The molecule has 0 aliphatic carbocycles. The minimum absolute atomic E-state index is 0.233. The van der Waals surface area contributed by atoms with Gasteiger partial charge in [0.25, 0.3) is 0 Å². The third-order valence-electron chi connectivity index (χ3n) is 3.50. The van der Waals surface area contributed by atoms with Gasteiger partial charge in [-0.05, 0) is 38.3 Å². The first kappa shape index (κ1) is 11.4. The third kappa shape index (κ3) is 2.34. The molecule has 88 valence electrons. The molecular formula is C10H20N2O2S. The van der Waals surface area contributed by atoms with Crippen molar-refractivity contribution in [2.45, 2.75) is 32.2 Å². The Morgan fingerprint density at radius 2 is 2.13 bits per heavy atom. The van der Waals surface area contributed by atoms with Crippen LogP contribution in [0.3, 0.4) is 0 Å². The highest BCUT2D eigenvalue weighted by Crippen LogP contribution is 2.24. The van der Waals surface area contributed by atoms with Gasteiger partial charge in [0.15, 0.2) is 0 Å². The van der Waals surface area contributed by atoms with Gasteiger partial charge in [-0.2, -0.15) is 4.31 Å². The van der Waals surface area contributed by atoms with Gasteiger partial charge in [-0.15, -0.1) is 0 Å². The van der Waals surface area contributed by atoms with Crippen LogP contribution in [-0.4, -0.2) is 44.2 Å². The molecule has 0 bridgehead atoms. The minimum atomic E-state index is -2.95. The summed E-state index contributed by atoms with van der Waals surface area (Å²) in [6, 6.07) is 0.233. The van der Waals surface area contributed by atoms with Crippen LogP contribution >= 0.6 is 0 Å². The maximum atomic E-state index is 11.9. The molecule has 0 aromatic heterocycles. The molecule has 2 saturated heterocycles. The van der Waals surface area contributed by atoms with Crippen molar-refractivity contribution in [3.05, 3.63) is 0 Å². The lowest BCUT2D eigenvalue weighted by Crippen LogP contribution is -2.53. The lowest BCUT2D eigenvalue weighted by atomic mass is 9.95. The van der Waals surface area contributed by atoms with Crippen LogP contribution in [0, 0.1) is 5.92 Å². The molecule has 0 aromatic rings. The fourth-order valence-electron chi connectivity index (χ4n) is 2.61. The first-order valence-electron chi connectivity index (χ1n) is 5.81. The minimum Gasteiger partial charge on any atom is -0.316 e. The highest BCUT2D eigenvalue weighted by Gasteiger charge is 2.35. The molecule has 2 fully saturated rings. The summed E-state index contributed by atoms with van der Waals surface area (Å²) < 4.78 is 25.6. The van der Waals surface area contributed by atoms with Gasteiger partial charge in [-0.25, -0.2) is 8.42 Å². The van der Waals surface area contributed by atoms with Crippen LogP contribution in [0.1, 0.15) is 26.2 Å². The van der Waals surface area contributed by atoms with Crippen molar-refractivity contribution in [3.8, 4) is 0 Å². The van der Waals surface area contributed by atoms with Crippen LogP contribution in [0.25, 0.3) is 0 Å². The van der Waals surface area contributed by atoms with Crippen LogP contribution in [0.5, 0.6) is 0 Å². The van der Waals surface area contributed by atoms with Crippen molar-refractivity contribution in [2.24, 2.45) is 5.92 Å². The second kappa shape index (κ2) is 4.39. The molecule has 0 amide bonds. The summed E-state index contributed by atoms with van der Waals surface area (Å²) in [6.07, 6.45) is 2.81. The predicted octanol–water partition coefficient (Wildman–Crippen LogP) is 0.410. The number of hydrogen-bond acceptors (Lipinski definition) is 3. The van der Waals surface area contributed by atoms with Gasteiger partial charge in [0.05, 0.1) is 5.75 Å². The zero-order valence-electron chi connectivity index (χ0n) is 9.28. The monoisotopic (exact) mass is 232 g/mol. The molecule has 2 atom stereocenters. The van der Waals surface area contributed by atoms with Crippen molar-refractivity contribution in [1.82, 2.24) is 9.62 Å². The van der Waals surface area contributed by atoms with E-state index in [1.165, 1.54) is 0 Å². The fraction of sp³-hybridized carbons (Fsp3) is 1.00. The van der Waals surface area contributed by atoms with E-state index in [1.54, 1.807) is 4.31 Å². The molecule has 2 unspecified atom stereocenters. The standard InChI is InChI=1S/C10H20N2O2S/c1-9-8-11-5-4-10(9)12-6-2-3-7-15(12,13)14/h9-11H,2-8H2,1H3. The topological polar surface area (TPSA) is 49.4 Å². The predicted molar refractivity (Wildman–Crippen MR) is 60.2 cm³/mol. The zero-order valence-corrected chi connectivity index (χ0v) is 10.1. The first-order chi connectivity index (χ1) is 7.11. The second-order valence-corrected chi connectivity index (χ2v) is 6.71. The van der Waals surface area contributed by atoms with Crippen molar-refractivity contribution < 1.29 is 8.42 Å². The van der Waals surface area contributed by atoms with E-state index in [1.807, 2.05) is 0 Å². The molecular weight excluding hydrogens is 212 g/mol. The normalized spacial score (nSPS) is 37.7. The van der Waals surface area contributed by atoms with Crippen LogP contribution < -0.4 is 5.32 Å². The Labute approximate surface area is 92.1 Å². The Balaban J connectivity index is 2.13. The number of piperidine rings is 1. The quantitative estimate of drug-likeness (QED) is 0.712. The van der Waals surface area contributed by atoms with E-state index in [2.05, 4.69) is 12.2 Å². The van der Waals surface area contributed by atoms with Crippen LogP contribution in [0.2, 0.25) is 0 Å². The summed E-state index contributed by atoms with van der Waals surface area (Å²) in [7, 11) is -2.95. The number of hydrogen-bond donors (Lipinski definition) is 1. The van der Waals surface area contributed by atoms with E-state index in [4.69, 9.17) is 0 Å². The Morgan fingerprint density at radius 1 is 1.33 bits per heavy atom. The number of rotatable bonds is 1. The van der Waals surface area contributed by atoms with Gasteiger partial charge in [-0.3, -0.25) is 0 Å². The number of nitrogens with one attached hydrogen (secondary N) is 1. The molecule has 0 radical (unpaired) electrons. The van der Waals surface area contributed by atoms with Crippen molar-refractivity contribution in [3.63, 3.8) is 0 Å². The summed E-state index contributed by atoms with van der Waals surface area (Å²) in [5.41, 5.74) is 0. The summed E-state index contributed by atoms with van der Waals surface area (Å²) in [6.45, 7) is 4.76. The molecule has 0 spiro atoms. The summed E-state index contributed by atoms with van der Waals surface area (Å²) >= 11 is 0. The van der Waals surface area contributed by atoms with Crippen LogP contribution in [0.15, 0.2) is 0 Å². The molecule has 2 heterocycles. The lowest BCUT2D eigenvalue weighted by Gasteiger charge is -2.39. The Morgan fingerprint density at radius 3 is 2.80 bits per heavy atom. The van der Waals surface area contributed by atoms with Crippen molar-refractivity contribution in [2.75, 3.05) is 25.4 Å². The fourth-order valence-corrected chi connectivity index (χ4v) is 4.55. The smallest absolute Gasteiger partial charge is 0.214 e. The average molecular weight is 232 g/mol. The van der Waals surface area contributed by atoms with Gasteiger partial charge >= 0.3 is 0 Å². The summed E-state index contributed by atoms with van der Waals surface area (Å²) in [5.74, 6) is 0.788. The first-order valence-corrected chi connectivity index (χ1v) is 7.42. The second-order valence-electron chi connectivity index (χ2n) is 4.67. The maximum absolute atomic E-state index is 11.9. The third-order valence-corrected chi connectivity index (χ3v) is 5.47. The molecule has 1 N–H and O–H groups in total. The molecule has 15 heavy (non-hydrogen) atoms. The van der Waals surface area contributed by atoms with E-state index >= 15 is 0 Å². The summed E-state index contributed by atoms with van der Waals surface area (Å²) in [4.78, 5) is 0. The van der Waals surface area contributed by atoms with Crippen molar-refractivity contribution in [1.29, 1.82) is 0 Å². The average Bonchev–Trinajstić information content (AvgIpc) is 2.19. The van der Waals surface area contributed by atoms with E-state index in [-0.39, 0.29) is 6.04 Å². The summed E-state index contributed by atoms with van der Waals surface area (Å²) in [5, 5.41) is 3.31. The largest absolute Gasteiger partial charge is 0.316 e. The highest BCUT2D eigenvalue weighted by molar-refractivity contribution is 7.89. The Kier molecular flexibility index (Phi) is 3.33. The Hall–Kier alpha value is -0.130. The van der Waals surface area contributed by atoms with Gasteiger partial charge in [-0.1, -0.05) is 6.92 Å². The van der Waals surface area contributed by atoms with Crippen LogP contribution in [-0.2, 0) is 10.0 Å².